The molecular formula is C19H30O. The molecule has 0 spiro atoms. The Hall–Kier alpha value is -1.24. The van der Waals surface area contributed by atoms with Gasteiger partial charge in [-0.05, 0) is 48.3 Å². The highest BCUT2D eigenvalue weighted by atomic mass is 16.5. The number of hydrogen-bond acceptors (Lipinski definition) is 1. The van der Waals surface area contributed by atoms with Crippen molar-refractivity contribution in [3.63, 3.8) is 0 Å². The minimum absolute atomic E-state index is 0.183. The van der Waals surface area contributed by atoms with Gasteiger partial charge < -0.3 is 4.74 Å². The van der Waals surface area contributed by atoms with Gasteiger partial charge in [0.1, 0.15) is 5.75 Å². The Balaban J connectivity index is 3.02. The van der Waals surface area contributed by atoms with Crippen molar-refractivity contribution in [2.75, 3.05) is 6.61 Å². The molecule has 0 aliphatic heterocycles. The summed E-state index contributed by atoms with van der Waals surface area (Å²) < 4.78 is 5.79. The van der Waals surface area contributed by atoms with Gasteiger partial charge >= 0.3 is 0 Å². The van der Waals surface area contributed by atoms with Crippen LogP contribution < -0.4 is 4.74 Å². The van der Waals surface area contributed by atoms with E-state index in [1.54, 1.807) is 0 Å². The summed E-state index contributed by atoms with van der Waals surface area (Å²) in [5, 5.41) is 0. The minimum atomic E-state index is 0.183. The second-order valence-electron chi connectivity index (χ2n) is 6.52. The lowest BCUT2D eigenvalue weighted by atomic mass is 9.85. The lowest BCUT2D eigenvalue weighted by Crippen LogP contribution is -2.12. The van der Waals surface area contributed by atoms with Crippen LogP contribution in [0.2, 0.25) is 0 Å². The van der Waals surface area contributed by atoms with Crippen molar-refractivity contribution in [3.8, 4) is 5.75 Å². The van der Waals surface area contributed by atoms with E-state index < -0.39 is 0 Å². The van der Waals surface area contributed by atoms with Gasteiger partial charge in [0.15, 0.2) is 0 Å². The Kier molecular flexibility index (Phi) is 6.32. The summed E-state index contributed by atoms with van der Waals surface area (Å²) >= 11 is 0. The first kappa shape index (κ1) is 16.8. The molecule has 1 aromatic rings. The van der Waals surface area contributed by atoms with Crippen molar-refractivity contribution >= 4 is 0 Å². The average molecular weight is 274 g/mol. The highest BCUT2D eigenvalue weighted by Gasteiger charge is 2.16. The Bertz CT molecular complexity index is 438. The van der Waals surface area contributed by atoms with E-state index in [0.29, 0.717) is 5.92 Å². The molecule has 1 nitrogen and oxygen atoms in total. The van der Waals surface area contributed by atoms with Crippen LogP contribution in [-0.2, 0) is 11.8 Å². The summed E-state index contributed by atoms with van der Waals surface area (Å²) in [5.41, 5.74) is 2.89. The van der Waals surface area contributed by atoms with Crippen LogP contribution in [0.4, 0.5) is 0 Å². The normalized spacial score (nSPS) is 13.7. The molecule has 112 valence electrons. The first-order valence-corrected chi connectivity index (χ1v) is 7.81. The molecule has 0 saturated carbocycles. The second kappa shape index (κ2) is 7.52. The van der Waals surface area contributed by atoms with Gasteiger partial charge in [0.25, 0.3) is 0 Å². The van der Waals surface area contributed by atoms with Crippen molar-refractivity contribution in [1.29, 1.82) is 0 Å². The second-order valence-corrected chi connectivity index (χ2v) is 6.52. The third-order valence-electron chi connectivity index (χ3n) is 3.47. The third-order valence-corrected chi connectivity index (χ3v) is 3.47. The fourth-order valence-electron chi connectivity index (χ4n) is 2.29. The molecule has 1 heteroatoms. The Morgan fingerprint density at radius 1 is 1.20 bits per heavy atom. The summed E-state index contributed by atoms with van der Waals surface area (Å²) in [5.74, 6) is 1.58. The highest BCUT2D eigenvalue weighted by Crippen LogP contribution is 2.29. The van der Waals surface area contributed by atoms with Crippen molar-refractivity contribution in [3.05, 3.63) is 41.5 Å². The molecule has 0 aromatic heterocycles. The van der Waals surface area contributed by atoms with E-state index in [4.69, 9.17) is 4.74 Å². The van der Waals surface area contributed by atoms with E-state index in [2.05, 4.69) is 65.0 Å². The zero-order chi connectivity index (χ0) is 15.2. The van der Waals surface area contributed by atoms with Gasteiger partial charge in [-0.15, -0.1) is 0 Å². The molecule has 0 radical (unpaired) electrons. The van der Waals surface area contributed by atoms with Gasteiger partial charge in [0, 0.05) is 0 Å². The first-order chi connectivity index (χ1) is 9.38. The summed E-state index contributed by atoms with van der Waals surface area (Å²) in [6, 6.07) is 6.65. The number of allylic oxidation sites excluding steroid dienone is 2. The van der Waals surface area contributed by atoms with Gasteiger partial charge in [0.05, 0.1) is 6.61 Å². The maximum atomic E-state index is 5.79. The largest absolute Gasteiger partial charge is 0.494 e. The Morgan fingerprint density at radius 3 is 2.45 bits per heavy atom. The van der Waals surface area contributed by atoms with Gasteiger partial charge in [-0.1, -0.05) is 58.9 Å². The van der Waals surface area contributed by atoms with E-state index in [0.717, 1.165) is 25.2 Å². The van der Waals surface area contributed by atoms with Gasteiger partial charge in [-0.25, -0.2) is 0 Å². The van der Waals surface area contributed by atoms with Crippen molar-refractivity contribution in [1.82, 2.24) is 0 Å². The van der Waals surface area contributed by atoms with Crippen molar-refractivity contribution in [2.45, 2.75) is 59.8 Å². The molecular weight excluding hydrogens is 244 g/mol. The molecule has 0 aliphatic rings. The molecule has 0 fully saturated rings. The van der Waals surface area contributed by atoms with Crippen molar-refractivity contribution < 1.29 is 4.74 Å². The number of hydrogen-bond donors (Lipinski definition) is 0. The van der Waals surface area contributed by atoms with Crippen LogP contribution in [-0.4, -0.2) is 6.61 Å². The van der Waals surface area contributed by atoms with Crippen LogP contribution in [0, 0.1) is 5.92 Å². The van der Waals surface area contributed by atoms with Crippen LogP contribution in [0.3, 0.4) is 0 Å². The molecule has 0 N–H and O–H groups in total. The van der Waals surface area contributed by atoms with Crippen LogP contribution in [0.15, 0.2) is 30.4 Å². The van der Waals surface area contributed by atoms with Gasteiger partial charge in [-0.3, -0.25) is 0 Å². The van der Waals surface area contributed by atoms with Crippen LogP contribution >= 0.6 is 0 Å². The van der Waals surface area contributed by atoms with E-state index in [9.17, 15) is 0 Å². The summed E-state index contributed by atoms with van der Waals surface area (Å²) in [6.45, 7) is 14.0. The molecule has 0 heterocycles. The first-order valence-electron chi connectivity index (χ1n) is 7.81. The molecule has 1 aromatic carbocycles. The van der Waals surface area contributed by atoms with Crippen molar-refractivity contribution in [2.24, 2.45) is 5.92 Å². The molecule has 20 heavy (non-hydrogen) atoms. The maximum absolute atomic E-state index is 5.79. The van der Waals surface area contributed by atoms with Crippen LogP contribution in [0.1, 0.15) is 59.1 Å². The molecule has 0 aliphatic carbocycles. The summed E-state index contributed by atoms with van der Waals surface area (Å²) in [6.07, 6.45) is 6.69. The molecule has 0 amide bonds. The summed E-state index contributed by atoms with van der Waals surface area (Å²) in [7, 11) is 0. The molecule has 0 bridgehead atoms. The fraction of sp³-hybridized carbons (Fsp3) is 0.579. The SMILES string of the molecule is CC/C=C\C(C)Cc1cc(C(C)(C)C)ccc1OCC. The van der Waals surface area contributed by atoms with Gasteiger partial charge in [0.2, 0.25) is 0 Å². The quantitative estimate of drug-likeness (QED) is 0.620. The van der Waals surface area contributed by atoms with Crippen LogP contribution in [0.5, 0.6) is 5.75 Å². The predicted molar refractivity (Wildman–Crippen MR) is 88.6 cm³/mol. The lowest BCUT2D eigenvalue weighted by Gasteiger charge is -2.22. The lowest BCUT2D eigenvalue weighted by molar-refractivity contribution is 0.335. The average Bonchev–Trinajstić information content (AvgIpc) is 2.37. The number of ether oxygens (including phenoxy) is 1. The Morgan fingerprint density at radius 2 is 1.90 bits per heavy atom. The highest BCUT2D eigenvalue weighted by molar-refractivity contribution is 5.40. The summed E-state index contributed by atoms with van der Waals surface area (Å²) in [4.78, 5) is 0. The monoisotopic (exact) mass is 274 g/mol. The smallest absolute Gasteiger partial charge is 0.122 e. The van der Waals surface area contributed by atoms with Crippen LogP contribution in [0.25, 0.3) is 0 Å². The van der Waals surface area contributed by atoms with E-state index in [1.807, 2.05) is 6.92 Å². The molecule has 1 atom stereocenters. The van der Waals surface area contributed by atoms with Gasteiger partial charge in [-0.2, -0.15) is 0 Å². The minimum Gasteiger partial charge on any atom is -0.494 e. The topological polar surface area (TPSA) is 9.23 Å². The van der Waals surface area contributed by atoms with E-state index in [-0.39, 0.29) is 5.41 Å². The number of benzene rings is 1. The van der Waals surface area contributed by atoms with E-state index >= 15 is 0 Å². The maximum Gasteiger partial charge on any atom is 0.122 e. The fourth-order valence-corrected chi connectivity index (χ4v) is 2.29. The predicted octanol–water partition coefficient (Wildman–Crippen LogP) is 5.53. The molecule has 1 unspecified atom stereocenters. The Labute approximate surface area is 125 Å². The zero-order valence-corrected chi connectivity index (χ0v) is 14.0. The van der Waals surface area contributed by atoms with E-state index in [1.165, 1.54) is 11.1 Å². The standard InChI is InChI=1S/C19H30O/c1-7-9-10-15(3)13-16-14-17(19(4,5)6)11-12-18(16)20-8-2/h9-12,14-15H,7-8,13H2,1-6H3/b10-9-. The number of rotatable bonds is 6. The molecule has 1 rings (SSSR count). The zero-order valence-electron chi connectivity index (χ0n) is 14.0. The third kappa shape index (κ3) is 5.03. The molecule has 0 saturated heterocycles.